The van der Waals surface area contributed by atoms with E-state index in [1.165, 1.54) is 30.7 Å². The molecule has 2 aromatic rings. The molecule has 1 heterocycles. The van der Waals surface area contributed by atoms with Crippen molar-refractivity contribution in [3.05, 3.63) is 77.1 Å². The van der Waals surface area contributed by atoms with Gasteiger partial charge in [-0.2, -0.15) is 0 Å². The van der Waals surface area contributed by atoms with Crippen molar-refractivity contribution in [3.8, 4) is 0 Å². The van der Waals surface area contributed by atoms with E-state index in [-0.39, 0.29) is 51.5 Å². The summed E-state index contributed by atoms with van der Waals surface area (Å²) in [7, 11) is 0. The molecule has 0 saturated heterocycles. The summed E-state index contributed by atoms with van der Waals surface area (Å²) in [6, 6.07) is 10.6. The molecular weight excluding hydrogens is 675 g/mol. The summed E-state index contributed by atoms with van der Waals surface area (Å²) in [5, 5.41) is 15.4. The van der Waals surface area contributed by atoms with Crippen LogP contribution in [0.15, 0.2) is 54.7 Å². The second kappa shape index (κ2) is 13.7. The van der Waals surface area contributed by atoms with Crippen molar-refractivity contribution >= 4 is 23.6 Å². The number of fused-ring (bicyclic) bond motifs is 7. The Bertz CT molecular complexity index is 1850. The van der Waals surface area contributed by atoms with Gasteiger partial charge < -0.3 is 15.7 Å². The van der Waals surface area contributed by atoms with Gasteiger partial charge in [0, 0.05) is 30.1 Å². The highest BCUT2D eigenvalue weighted by atomic mass is 16.4. The molecule has 3 N–H and O–H groups in total. The number of aromatic carboxylic acids is 1. The number of ketones is 1. The second-order valence-corrected chi connectivity index (χ2v) is 19.2. The third-order valence-corrected chi connectivity index (χ3v) is 16.7. The molecule has 7 rings (SSSR count). The van der Waals surface area contributed by atoms with Crippen LogP contribution in [0.25, 0.3) is 0 Å². The number of hydrogen-bond acceptors (Lipinski definition) is 5. The highest BCUT2D eigenvalue weighted by molar-refractivity contribution is 5.94. The first-order valence-corrected chi connectivity index (χ1v) is 20.5. The monoisotopic (exact) mass is 735 g/mol. The van der Waals surface area contributed by atoms with E-state index >= 15 is 0 Å². The zero-order valence-electron chi connectivity index (χ0n) is 33.4. The number of amides is 2. The van der Waals surface area contributed by atoms with Crippen molar-refractivity contribution in [1.29, 1.82) is 0 Å². The lowest BCUT2D eigenvalue weighted by Crippen LogP contribution is -2.67. The van der Waals surface area contributed by atoms with Crippen LogP contribution in [0.3, 0.4) is 0 Å². The third kappa shape index (κ3) is 5.96. The van der Waals surface area contributed by atoms with E-state index in [0.717, 1.165) is 50.5 Å². The minimum atomic E-state index is -1.04. The summed E-state index contributed by atoms with van der Waals surface area (Å²) >= 11 is 0. The van der Waals surface area contributed by atoms with Crippen LogP contribution in [0, 0.1) is 56.7 Å². The number of carboxylic acid groups (broad SMARTS) is 1. The number of Topliss-reactive ketones (excluding diaryl/α,β-unsaturated/α-hetero) is 1. The van der Waals surface area contributed by atoms with Crippen molar-refractivity contribution in [2.24, 2.45) is 56.7 Å². The fourth-order valence-electron chi connectivity index (χ4n) is 13.6. The van der Waals surface area contributed by atoms with Gasteiger partial charge in [0.05, 0.1) is 23.2 Å². The maximum Gasteiger partial charge on any atom is 0.337 e. The topological polar surface area (TPSA) is 125 Å². The number of hydrogen-bond donors (Lipinski definition) is 3. The number of allylic oxidation sites excluding steroid dienone is 1. The minimum absolute atomic E-state index is 0.0998. The van der Waals surface area contributed by atoms with Gasteiger partial charge in [-0.15, -0.1) is 0 Å². The number of carbonyl (C=O) groups excluding carboxylic acids is 3. The van der Waals surface area contributed by atoms with Gasteiger partial charge >= 0.3 is 5.97 Å². The fraction of sp³-hybridized carbons (Fsp3) is 0.630. The highest BCUT2D eigenvalue weighted by Gasteiger charge is 2.71. The fourth-order valence-corrected chi connectivity index (χ4v) is 13.6. The van der Waals surface area contributed by atoms with Crippen LogP contribution < -0.4 is 10.6 Å². The number of rotatable bonds is 9. The smallest absolute Gasteiger partial charge is 0.337 e. The molecule has 5 aliphatic carbocycles. The largest absolute Gasteiger partial charge is 0.478 e. The van der Waals surface area contributed by atoms with Crippen molar-refractivity contribution in [1.82, 2.24) is 15.6 Å². The van der Waals surface area contributed by atoms with E-state index in [2.05, 4.69) is 63.7 Å². The average Bonchev–Trinajstić information content (AvgIpc) is 3.54. The first kappa shape index (κ1) is 38.5. The summed E-state index contributed by atoms with van der Waals surface area (Å²) in [6.07, 6.45) is 12.2. The quantitative estimate of drug-likeness (QED) is 0.222. The predicted octanol–water partition coefficient (Wildman–Crippen LogP) is 8.60. The number of pyridine rings is 1. The lowest BCUT2D eigenvalue weighted by Gasteiger charge is -2.72. The summed E-state index contributed by atoms with van der Waals surface area (Å²) in [6.45, 7) is 19.6. The van der Waals surface area contributed by atoms with E-state index < -0.39 is 11.4 Å². The van der Waals surface area contributed by atoms with E-state index in [0.29, 0.717) is 60.1 Å². The Morgan fingerprint density at radius 2 is 1.65 bits per heavy atom. The molecule has 290 valence electrons. The number of nitrogens with one attached hydrogen (secondary N) is 2. The van der Waals surface area contributed by atoms with E-state index in [9.17, 15) is 19.2 Å². The molecule has 0 bridgehead atoms. The van der Waals surface area contributed by atoms with Crippen LogP contribution in [0.2, 0.25) is 0 Å². The van der Waals surface area contributed by atoms with Gasteiger partial charge in [-0.25, -0.2) is 4.79 Å². The zero-order valence-corrected chi connectivity index (χ0v) is 33.4. The first-order valence-electron chi connectivity index (χ1n) is 20.5. The van der Waals surface area contributed by atoms with Crippen molar-refractivity contribution in [2.75, 3.05) is 6.54 Å². The molecule has 0 aliphatic heterocycles. The molecule has 5 saturated carbocycles. The molecule has 5 fully saturated rings. The van der Waals surface area contributed by atoms with Crippen molar-refractivity contribution in [3.63, 3.8) is 0 Å². The Morgan fingerprint density at radius 1 is 0.870 bits per heavy atom. The van der Waals surface area contributed by atoms with E-state index in [1.54, 1.807) is 12.1 Å². The standard InChI is InChI=1S/C46H61N3O5/c1-28(2)33-15-21-46(41(54)47-24-18-29-9-8-10-30(25-29)39(51)49-27-32-12-11-31(26-48-32)40(52)53)23-22-44(6)34(38(33)46)13-14-36-43(5)19-17-37(50)42(3,4)35(43)16-20-45(36,44)7/h8-12,25-26,33-36,38H,1,13-24,27H2,2-7H3,(H,47,54)(H,49,51)(H,52,53)/t33?,34?,35?,36?,38?,43?,44-,45?,46?/m1/s1. The zero-order chi connectivity index (χ0) is 38.8. The van der Waals surface area contributed by atoms with Crippen molar-refractivity contribution < 1.29 is 24.3 Å². The molecule has 8 heteroatoms. The van der Waals surface area contributed by atoms with Crippen LogP contribution >= 0.6 is 0 Å². The van der Waals surface area contributed by atoms with Gasteiger partial charge in [-0.1, -0.05) is 58.9 Å². The van der Waals surface area contributed by atoms with Gasteiger partial charge in [0.1, 0.15) is 5.78 Å². The Hall–Kier alpha value is -3.81. The first-order chi connectivity index (χ1) is 25.5. The predicted molar refractivity (Wildman–Crippen MR) is 209 cm³/mol. The average molecular weight is 736 g/mol. The number of carboxylic acids is 1. The van der Waals surface area contributed by atoms with E-state index in [4.69, 9.17) is 5.11 Å². The summed E-state index contributed by atoms with van der Waals surface area (Å²) in [5.74, 6) is 1.48. The Kier molecular flexibility index (Phi) is 9.78. The van der Waals surface area contributed by atoms with Gasteiger partial charge in [-0.3, -0.25) is 19.4 Å². The molecule has 0 radical (unpaired) electrons. The maximum absolute atomic E-state index is 14.6. The summed E-state index contributed by atoms with van der Waals surface area (Å²) in [4.78, 5) is 56.1. The van der Waals surface area contributed by atoms with Crippen LogP contribution in [0.1, 0.15) is 138 Å². The van der Waals surface area contributed by atoms with Gasteiger partial charge in [0.15, 0.2) is 0 Å². The third-order valence-electron chi connectivity index (χ3n) is 16.7. The number of carbonyl (C=O) groups is 4. The normalized spacial score (nSPS) is 36.5. The van der Waals surface area contributed by atoms with Crippen LogP contribution in [0.4, 0.5) is 0 Å². The van der Waals surface area contributed by atoms with Gasteiger partial charge in [0.2, 0.25) is 5.91 Å². The summed E-state index contributed by atoms with van der Waals surface area (Å²) in [5.41, 5.74) is 3.21. The maximum atomic E-state index is 14.6. The number of aromatic nitrogens is 1. The van der Waals surface area contributed by atoms with Crippen LogP contribution in [-0.2, 0) is 22.6 Å². The Morgan fingerprint density at radius 3 is 2.35 bits per heavy atom. The second-order valence-electron chi connectivity index (χ2n) is 19.2. The molecule has 2 amide bonds. The lowest BCUT2D eigenvalue weighted by molar-refractivity contribution is -0.233. The number of benzene rings is 1. The highest BCUT2D eigenvalue weighted by Crippen LogP contribution is 2.77. The van der Waals surface area contributed by atoms with Gasteiger partial charge in [0.25, 0.3) is 5.91 Å². The van der Waals surface area contributed by atoms with Gasteiger partial charge in [-0.05, 0) is 147 Å². The summed E-state index contributed by atoms with van der Waals surface area (Å²) < 4.78 is 0. The molecule has 1 aromatic heterocycles. The molecule has 54 heavy (non-hydrogen) atoms. The Labute approximate surface area is 321 Å². The minimum Gasteiger partial charge on any atom is -0.478 e. The Balaban J connectivity index is 1.04. The SMILES string of the molecule is C=C(C)C1CCC2(C(=O)NCCc3cccc(C(=O)NCc4ccc(C(=O)O)cn4)c3)CC[C@]3(C)C(CCC4C5(C)CCC(=O)C(C)(C)C5CCC43C)C12. The molecule has 5 aliphatic rings. The lowest BCUT2D eigenvalue weighted by atomic mass is 9.32. The molecule has 8 nitrogen and oxygen atoms in total. The number of nitrogens with zero attached hydrogens (tertiary/aromatic N) is 1. The molecular formula is C46H61N3O5. The van der Waals surface area contributed by atoms with E-state index in [1.807, 2.05) is 18.2 Å². The molecule has 8 unspecified atom stereocenters. The van der Waals surface area contributed by atoms with Crippen LogP contribution in [0.5, 0.6) is 0 Å². The van der Waals surface area contributed by atoms with Crippen molar-refractivity contribution in [2.45, 2.75) is 119 Å². The molecule has 1 aromatic carbocycles. The van der Waals surface area contributed by atoms with Crippen LogP contribution in [-0.4, -0.2) is 40.2 Å². The molecule has 9 atom stereocenters. The molecule has 0 spiro atoms.